The molecule has 0 saturated heterocycles. The predicted octanol–water partition coefficient (Wildman–Crippen LogP) is 0.803. The van der Waals surface area contributed by atoms with Gasteiger partial charge in [0.05, 0.1) is 11.7 Å². The van der Waals surface area contributed by atoms with Crippen molar-refractivity contribution in [3.63, 3.8) is 0 Å². The lowest BCUT2D eigenvalue weighted by atomic mass is 10.1. The number of hydrazone groups is 1. The molecule has 0 atom stereocenters. The highest BCUT2D eigenvalue weighted by Gasteiger charge is 2.01. The fourth-order valence-electron chi connectivity index (χ4n) is 1.57. The Hall–Kier alpha value is -2.15. The Kier molecular flexibility index (Phi) is 7.91. The van der Waals surface area contributed by atoms with Gasteiger partial charge in [-0.1, -0.05) is 25.5 Å². The third-order valence-electron chi connectivity index (χ3n) is 2.75. The molecule has 0 amide bonds. The first-order chi connectivity index (χ1) is 10.5. The number of thiocarbonyl (C=S) groups is 1. The molecule has 120 valence electrons. The molecule has 22 heavy (non-hydrogen) atoms. The summed E-state index contributed by atoms with van der Waals surface area (Å²) in [6.07, 6.45) is 2.14. The SMILES string of the molecule is CCCCNC(=S)N/N=C(/C)c1cccc(OCC(=O)[O-])c1. The van der Waals surface area contributed by atoms with Gasteiger partial charge < -0.3 is 20.0 Å². The number of benzene rings is 1. The number of nitrogens with zero attached hydrogens (tertiary/aromatic N) is 1. The number of carbonyl (C=O) groups is 1. The number of carboxylic acids is 1. The van der Waals surface area contributed by atoms with E-state index in [-0.39, 0.29) is 0 Å². The molecule has 0 aliphatic heterocycles. The molecular formula is C15H20N3O3S-. The van der Waals surface area contributed by atoms with Crippen LogP contribution in [0.1, 0.15) is 32.3 Å². The molecular weight excluding hydrogens is 302 g/mol. The normalized spacial score (nSPS) is 10.9. The molecule has 7 heteroatoms. The van der Waals surface area contributed by atoms with Crippen molar-refractivity contribution in [1.29, 1.82) is 0 Å². The minimum atomic E-state index is -1.26. The lowest BCUT2D eigenvalue weighted by molar-refractivity contribution is -0.307. The molecule has 0 fully saturated rings. The fourth-order valence-corrected chi connectivity index (χ4v) is 1.72. The van der Waals surface area contributed by atoms with Crippen LogP contribution in [0.5, 0.6) is 5.75 Å². The number of carbonyl (C=O) groups excluding carboxylic acids is 1. The largest absolute Gasteiger partial charge is 0.546 e. The molecule has 0 spiro atoms. The standard InChI is InChI=1S/C15H21N3O3S/c1-3-4-8-16-15(22)18-17-11(2)12-6-5-7-13(9-12)21-10-14(19)20/h5-7,9H,3-4,8,10H2,1-2H3,(H,19,20)(H2,16,18,22)/p-1/b17-11-. The Bertz CT molecular complexity index is 547. The van der Waals surface area contributed by atoms with Gasteiger partial charge in [-0.15, -0.1) is 0 Å². The third kappa shape index (κ3) is 7.03. The first kappa shape index (κ1) is 17.9. The van der Waals surface area contributed by atoms with Crippen molar-refractivity contribution in [3.05, 3.63) is 29.8 Å². The van der Waals surface area contributed by atoms with Gasteiger partial charge in [0.15, 0.2) is 5.11 Å². The van der Waals surface area contributed by atoms with Crippen LogP contribution in [0.2, 0.25) is 0 Å². The molecule has 0 unspecified atom stereocenters. The second-order valence-electron chi connectivity index (χ2n) is 4.61. The molecule has 0 heterocycles. The number of rotatable bonds is 8. The second kappa shape index (κ2) is 9.73. The quantitative estimate of drug-likeness (QED) is 0.319. The Morgan fingerprint density at radius 3 is 2.91 bits per heavy atom. The van der Waals surface area contributed by atoms with Gasteiger partial charge in [-0.25, -0.2) is 0 Å². The predicted molar refractivity (Wildman–Crippen MR) is 87.8 cm³/mol. The van der Waals surface area contributed by atoms with Gasteiger partial charge in [0.2, 0.25) is 0 Å². The van der Waals surface area contributed by atoms with Gasteiger partial charge in [0, 0.05) is 12.1 Å². The van der Waals surface area contributed by atoms with Crippen LogP contribution in [-0.4, -0.2) is 29.9 Å². The summed E-state index contributed by atoms with van der Waals surface area (Å²) in [4.78, 5) is 10.4. The summed E-state index contributed by atoms with van der Waals surface area (Å²) in [5, 5.41) is 18.1. The van der Waals surface area contributed by atoms with E-state index in [0.717, 1.165) is 24.9 Å². The lowest BCUT2D eigenvalue weighted by Gasteiger charge is -2.09. The first-order valence-electron chi connectivity index (χ1n) is 7.04. The summed E-state index contributed by atoms with van der Waals surface area (Å²) in [5.41, 5.74) is 4.29. The zero-order valence-corrected chi connectivity index (χ0v) is 13.5. The average molecular weight is 322 g/mol. The summed E-state index contributed by atoms with van der Waals surface area (Å²) in [6, 6.07) is 6.98. The monoisotopic (exact) mass is 322 g/mol. The summed E-state index contributed by atoms with van der Waals surface area (Å²) in [5.74, 6) is -0.819. The van der Waals surface area contributed by atoms with E-state index in [1.54, 1.807) is 18.2 Å². The maximum absolute atomic E-state index is 10.4. The van der Waals surface area contributed by atoms with Crippen molar-refractivity contribution in [2.24, 2.45) is 5.10 Å². The van der Waals surface area contributed by atoms with E-state index >= 15 is 0 Å². The Morgan fingerprint density at radius 2 is 2.23 bits per heavy atom. The number of nitrogens with one attached hydrogen (secondary N) is 2. The first-order valence-corrected chi connectivity index (χ1v) is 7.45. The van der Waals surface area contributed by atoms with E-state index < -0.39 is 12.6 Å². The number of carboxylic acid groups (broad SMARTS) is 1. The molecule has 0 bridgehead atoms. The van der Waals surface area contributed by atoms with Crippen molar-refractivity contribution >= 4 is 29.0 Å². The zero-order chi connectivity index (χ0) is 16.4. The van der Waals surface area contributed by atoms with Gasteiger partial charge >= 0.3 is 0 Å². The molecule has 2 N–H and O–H groups in total. The van der Waals surface area contributed by atoms with E-state index in [0.29, 0.717) is 16.6 Å². The number of aliphatic carboxylic acids is 1. The van der Waals surface area contributed by atoms with Crippen LogP contribution in [0, 0.1) is 0 Å². The van der Waals surface area contributed by atoms with Crippen molar-refractivity contribution in [3.8, 4) is 5.75 Å². The van der Waals surface area contributed by atoms with Crippen LogP contribution in [-0.2, 0) is 4.79 Å². The molecule has 1 rings (SSSR count). The van der Waals surface area contributed by atoms with Crippen molar-refractivity contribution in [2.45, 2.75) is 26.7 Å². The van der Waals surface area contributed by atoms with Crippen LogP contribution in [0.15, 0.2) is 29.4 Å². The lowest BCUT2D eigenvalue weighted by Crippen LogP contribution is -2.33. The Labute approximate surface area is 135 Å². The highest BCUT2D eigenvalue weighted by atomic mass is 32.1. The molecule has 0 aromatic heterocycles. The van der Waals surface area contributed by atoms with Crippen molar-refractivity contribution < 1.29 is 14.6 Å². The molecule has 1 aromatic carbocycles. The van der Waals surface area contributed by atoms with Gasteiger partial charge in [-0.3, -0.25) is 5.43 Å². The summed E-state index contributed by atoms with van der Waals surface area (Å²) in [7, 11) is 0. The number of hydrogen-bond acceptors (Lipinski definition) is 5. The van der Waals surface area contributed by atoms with Gasteiger partial charge in [-0.05, 0) is 37.7 Å². The highest BCUT2D eigenvalue weighted by Crippen LogP contribution is 2.13. The van der Waals surface area contributed by atoms with Gasteiger partial charge in [-0.2, -0.15) is 5.10 Å². The average Bonchev–Trinajstić information content (AvgIpc) is 2.51. The van der Waals surface area contributed by atoms with E-state index in [2.05, 4.69) is 22.8 Å². The Morgan fingerprint density at radius 1 is 1.45 bits per heavy atom. The third-order valence-corrected chi connectivity index (χ3v) is 2.99. The van der Waals surface area contributed by atoms with Crippen LogP contribution in [0.3, 0.4) is 0 Å². The van der Waals surface area contributed by atoms with E-state index in [9.17, 15) is 9.90 Å². The van der Waals surface area contributed by atoms with Crippen LogP contribution in [0.25, 0.3) is 0 Å². The molecule has 0 aliphatic carbocycles. The van der Waals surface area contributed by atoms with Crippen LogP contribution < -0.4 is 20.6 Å². The van der Waals surface area contributed by atoms with Gasteiger partial charge in [0.1, 0.15) is 12.4 Å². The number of ether oxygens (including phenoxy) is 1. The van der Waals surface area contributed by atoms with Crippen LogP contribution in [0.4, 0.5) is 0 Å². The van der Waals surface area contributed by atoms with E-state index in [4.69, 9.17) is 17.0 Å². The maximum Gasteiger partial charge on any atom is 0.186 e. The zero-order valence-electron chi connectivity index (χ0n) is 12.7. The maximum atomic E-state index is 10.4. The minimum absolute atomic E-state index is 0.444. The van der Waals surface area contributed by atoms with Gasteiger partial charge in [0.25, 0.3) is 0 Å². The van der Waals surface area contributed by atoms with Crippen molar-refractivity contribution in [2.75, 3.05) is 13.2 Å². The topological polar surface area (TPSA) is 85.8 Å². The van der Waals surface area contributed by atoms with Crippen LogP contribution >= 0.6 is 12.2 Å². The molecule has 1 aromatic rings. The number of unbranched alkanes of at least 4 members (excludes halogenated alkanes) is 1. The van der Waals surface area contributed by atoms with E-state index in [1.165, 1.54) is 0 Å². The highest BCUT2D eigenvalue weighted by molar-refractivity contribution is 7.80. The van der Waals surface area contributed by atoms with E-state index in [1.807, 2.05) is 13.0 Å². The summed E-state index contributed by atoms with van der Waals surface area (Å²) < 4.78 is 5.07. The van der Waals surface area contributed by atoms with Crippen molar-refractivity contribution in [1.82, 2.24) is 10.7 Å². The molecule has 0 saturated carbocycles. The second-order valence-corrected chi connectivity index (χ2v) is 5.02. The molecule has 6 nitrogen and oxygen atoms in total. The summed E-state index contributed by atoms with van der Waals surface area (Å²) in [6.45, 7) is 4.25. The molecule has 0 aliphatic rings. The minimum Gasteiger partial charge on any atom is -0.546 e. The Balaban J connectivity index is 2.58. The summed E-state index contributed by atoms with van der Waals surface area (Å²) >= 11 is 5.11. The molecule has 0 radical (unpaired) electrons. The smallest absolute Gasteiger partial charge is 0.186 e. The fraction of sp³-hybridized carbons (Fsp3) is 0.400. The number of hydrogen-bond donors (Lipinski definition) is 2.